The smallest absolute Gasteiger partial charge is 0.307 e. The summed E-state index contributed by atoms with van der Waals surface area (Å²) in [5.74, 6) is -0.420. The molecule has 4 heteroatoms. The van der Waals surface area contributed by atoms with E-state index in [1.165, 1.54) is 0 Å². The second-order valence-corrected chi connectivity index (χ2v) is 4.77. The summed E-state index contributed by atoms with van der Waals surface area (Å²) in [6.07, 6.45) is 0.952. The minimum absolute atomic E-state index is 0.0614. The zero-order valence-corrected chi connectivity index (χ0v) is 12.4. The minimum Gasteiger partial charge on any atom is -0.466 e. The van der Waals surface area contributed by atoms with Crippen LogP contribution in [0.3, 0.4) is 0 Å². The van der Waals surface area contributed by atoms with Gasteiger partial charge in [-0.2, -0.15) is 0 Å². The van der Waals surface area contributed by atoms with Crippen LogP contribution >= 0.6 is 0 Å². The molecule has 0 amide bonds. The lowest BCUT2D eigenvalue weighted by Crippen LogP contribution is -2.43. The number of carbonyl (C=O) groups is 2. The van der Waals surface area contributed by atoms with Crippen molar-refractivity contribution in [3.05, 3.63) is 35.9 Å². The first kappa shape index (κ1) is 16.4. The number of hydrogen-bond donors (Lipinski definition) is 1. The van der Waals surface area contributed by atoms with Gasteiger partial charge >= 0.3 is 5.97 Å². The molecule has 0 aliphatic rings. The van der Waals surface area contributed by atoms with E-state index in [4.69, 9.17) is 4.74 Å². The highest BCUT2D eigenvalue weighted by molar-refractivity contribution is 6.01. The first-order valence-corrected chi connectivity index (χ1v) is 7.09. The Kier molecular flexibility index (Phi) is 6.94. The van der Waals surface area contributed by atoms with Gasteiger partial charge in [-0.1, -0.05) is 37.3 Å². The molecule has 1 aromatic carbocycles. The van der Waals surface area contributed by atoms with E-state index in [1.54, 1.807) is 19.1 Å². The SMILES string of the molecule is CCOC(=O)CC(NC(C)CC)C(=O)c1ccccc1. The summed E-state index contributed by atoms with van der Waals surface area (Å²) in [4.78, 5) is 24.1. The van der Waals surface area contributed by atoms with Crippen LogP contribution in [0.4, 0.5) is 0 Å². The van der Waals surface area contributed by atoms with Crippen LogP contribution in [0, 0.1) is 0 Å². The number of carbonyl (C=O) groups excluding carboxylic acids is 2. The van der Waals surface area contributed by atoms with E-state index in [-0.39, 0.29) is 24.2 Å². The predicted molar refractivity (Wildman–Crippen MR) is 78.7 cm³/mol. The lowest BCUT2D eigenvalue weighted by molar-refractivity contribution is -0.143. The first-order chi connectivity index (χ1) is 9.58. The molecule has 110 valence electrons. The number of benzene rings is 1. The van der Waals surface area contributed by atoms with E-state index < -0.39 is 6.04 Å². The van der Waals surface area contributed by atoms with Crippen LogP contribution in [0.15, 0.2) is 30.3 Å². The lowest BCUT2D eigenvalue weighted by Gasteiger charge is -2.21. The highest BCUT2D eigenvalue weighted by atomic mass is 16.5. The predicted octanol–water partition coefficient (Wildman–Crippen LogP) is 2.58. The Morgan fingerprint density at radius 3 is 2.40 bits per heavy atom. The van der Waals surface area contributed by atoms with Crippen molar-refractivity contribution in [2.75, 3.05) is 6.61 Å². The van der Waals surface area contributed by atoms with Gasteiger partial charge in [0.1, 0.15) is 0 Å². The fourth-order valence-electron chi connectivity index (χ4n) is 1.88. The molecular weight excluding hydrogens is 254 g/mol. The molecule has 4 nitrogen and oxygen atoms in total. The Balaban J connectivity index is 2.80. The zero-order valence-electron chi connectivity index (χ0n) is 12.4. The lowest BCUT2D eigenvalue weighted by atomic mass is 10.0. The van der Waals surface area contributed by atoms with Crippen LogP contribution in [0.5, 0.6) is 0 Å². The molecule has 0 heterocycles. The molecule has 0 spiro atoms. The quantitative estimate of drug-likeness (QED) is 0.586. The number of ether oxygens (including phenoxy) is 1. The summed E-state index contributed by atoms with van der Waals surface area (Å²) in [5.41, 5.74) is 0.609. The molecule has 0 aliphatic carbocycles. The van der Waals surface area contributed by atoms with Crippen molar-refractivity contribution in [2.24, 2.45) is 0 Å². The molecule has 0 saturated carbocycles. The Hall–Kier alpha value is -1.68. The third-order valence-electron chi connectivity index (χ3n) is 3.15. The largest absolute Gasteiger partial charge is 0.466 e. The maximum atomic E-state index is 12.5. The molecule has 2 unspecified atom stereocenters. The van der Waals surface area contributed by atoms with Gasteiger partial charge in [0, 0.05) is 11.6 Å². The molecule has 0 aromatic heterocycles. The Morgan fingerprint density at radius 2 is 1.85 bits per heavy atom. The molecule has 0 fully saturated rings. The van der Waals surface area contributed by atoms with Gasteiger partial charge in [0.25, 0.3) is 0 Å². The summed E-state index contributed by atoms with van der Waals surface area (Å²) in [7, 11) is 0. The molecule has 1 rings (SSSR count). The van der Waals surface area contributed by atoms with Crippen LogP contribution < -0.4 is 5.32 Å². The van der Waals surface area contributed by atoms with Crippen molar-refractivity contribution >= 4 is 11.8 Å². The fraction of sp³-hybridized carbons (Fsp3) is 0.500. The fourth-order valence-corrected chi connectivity index (χ4v) is 1.88. The van der Waals surface area contributed by atoms with Gasteiger partial charge in [-0.3, -0.25) is 9.59 Å². The molecular formula is C16H23NO3. The minimum atomic E-state index is -0.536. The van der Waals surface area contributed by atoms with Crippen LogP contribution in [-0.4, -0.2) is 30.4 Å². The second kappa shape index (κ2) is 8.48. The number of hydrogen-bond acceptors (Lipinski definition) is 4. The van der Waals surface area contributed by atoms with E-state index in [1.807, 2.05) is 32.0 Å². The van der Waals surface area contributed by atoms with Crippen LogP contribution in [-0.2, 0) is 9.53 Å². The van der Waals surface area contributed by atoms with Gasteiger partial charge < -0.3 is 10.1 Å². The van der Waals surface area contributed by atoms with E-state index in [2.05, 4.69) is 5.32 Å². The molecule has 0 bridgehead atoms. The second-order valence-electron chi connectivity index (χ2n) is 4.77. The summed E-state index contributed by atoms with van der Waals surface area (Å²) < 4.78 is 4.94. The van der Waals surface area contributed by atoms with Crippen LogP contribution in [0.1, 0.15) is 44.0 Å². The maximum Gasteiger partial charge on any atom is 0.307 e. The highest BCUT2D eigenvalue weighted by Gasteiger charge is 2.24. The van der Waals surface area contributed by atoms with Crippen molar-refractivity contribution in [1.29, 1.82) is 0 Å². The van der Waals surface area contributed by atoms with Crippen LogP contribution in [0.25, 0.3) is 0 Å². The summed E-state index contributed by atoms with van der Waals surface area (Å²) in [6, 6.07) is 8.65. The first-order valence-electron chi connectivity index (χ1n) is 7.09. The standard InChI is InChI=1S/C16H23NO3/c1-4-12(3)17-14(11-15(18)20-5-2)16(19)13-9-7-6-8-10-13/h6-10,12,14,17H,4-5,11H2,1-3H3. The third kappa shape index (κ3) is 5.13. The van der Waals surface area contributed by atoms with E-state index in [0.717, 1.165) is 6.42 Å². The topological polar surface area (TPSA) is 55.4 Å². The average Bonchev–Trinajstić information content (AvgIpc) is 2.46. The number of rotatable bonds is 8. The van der Waals surface area contributed by atoms with Crippen molar-refractivity contribution in [2.45, 2.75) is 45.7 Å². The highest BCUT2D eigenvalue weighted by Crippen LogP contribution is 2.09. The number of nitrogens with one attached hydrogen (secondary N) is 1. The molecule has 0 saturated heterocycles. The van der Waals surface area contributed by atoms with Crippen molar-refractivity contribution < 1.29 is 14.3 Å². The van der Waals surface area contributed by atoms with Gasteiger partial charge in [-0.25, -0.2) is 0 Å². The van der Waals surface area contributed by atoms with Crippen molar-refractivity contribution in [1.82, 2.24) is 5.32 Å². The third-order valence-corrected chi connectivity index (χ3v) is 3.15. The molecule has 2 atom stereocenters. The molecule has 20 heavy (non-hydrogen) atoms. The average molecular weight is 277 g/mol. The summed E-state index contributed by atoms with van der Waals surface area (Å²) in [6.45, 7) is 6.12. The van der Waals surface area contributed by atoms with Crippen molar-refractivity contribution in [3.8, 4) is 0 Å². The molecule has 1 N–H and O–H groups in total. The van der Waals surface area contributed by atoms with E-state index in [9.17, 15) is 9.59 Å². The number of Topliss-reactive ketones (excluding diaryl/α,β-unsaturated/α-hetero) is 1. The Bertz CT molecular complexity index is 431. The van der Waals surface area contributed by atoms with E-state index in [0.29, 0.717) is 12.2 Å². The van der Waals surface area contributed by atoms with Gasteiger partial charge in [0.2, 0.25) is 0 Å². The molecule has 0 aliphatic heterocycles. The normalized spacial score (nSPS) is 13.6. The Morgan fingerprint density at radius 1 is 1.20 bits per heavy atom. The van der Waals surface area contributed by atoms with Crippen LogP contribution in [0.2, 0.25) is 0 Å². The zero-order chi connectivity index (χ0) is 15.0. The van der Waals surface area contributed by atoms with Gasteiger partial charge in [0.15, 0.2) is 5.78 Å². The van der Waals surface area contributed by atoms with Gasteiger partial charge in [-0.15, -0.1) is 0 Å². The van der Waals surface area contributed by atoms with Gasteiger partial charge in [-0.05, 0) is 20.3 Å². The van der Waals surface area contributed by atoms with Crippen molar-refractivity contribution in [3.63, 3.8) is 0 Å². The number of esters is 1. The van der Waals surface area contributed by atoms with Gasteiger partial charge in [0.05, 0.1) is 19.1 Å². The maximum absolute atomic E-state index is 12.5. The Labute approximate surface area is 120 Å². The number of ketones is 1. The molecule has 0 radical (unpaired) electrons. The summed E-state index contributed by atoms with van der Waals surface area (Å²) in [5, 5.41) is 3.20. The van der Waals surface area contributed by atoms with E-state index >= 15 is 0 Å². The monoisotopic (exact) mass is 277 g/mol. The summed E-state index contributed by atoms with van der Waals surface area (Å²) >= 11 is 0. The molecule has 1 aromatic rings.